The zero-order valence-electron chi connectivity index (χ0n) is 10.2. The van der Waals surface area contributed by atoms with Crippen molar-refractivity contribution in [1.82, 2.24) is 4.90 Å². The molecule has 1 aromatic carbocycles. The lowest BCUT2D eigenvalue weighted by Gasteiger charge is -2.12. The highest BCUT2D eigenvalue weighted by Crippen LogP contribution is 2.32. The molecular formula is C13H10ClNO3S2. The van der Waals surface area contributed by atoms with E-state index >= 15 is 0 Å². The molecule has 1 fully saturated rings. The fraction of sp³-hybridized carbons (Fsp3) is 0.154. The van der Waals surface area contributed by atoms with Gasteiger partial charge in [-0.25, -0.2) is 0 Å². The summed E-state index contributed by atoms with van der Waals surface area (Å²) >= 11 is 12.2. The summed E-state index contributed by atoms with van der Waals surface area (Å²) in [7, 11) is 0. The molecule has 1 amide bonds. The maximum atomic E-state index is 12.1. The van der Waals surface area contributed by atoms with E-state index in [1.165, 1.54) is 16.7 Å². The van der Waals surface area contributed by atoms with Crippen LogP contribution in [0.15, 0.2) is 29.2 Å². The van der Waals surface area contributed by atoms with Crippen LogP contribution in [0.2, 0.25) is 5.02 Å². The molecule has 4 nitrogen and oxygen atoms in total. The number of carboxylic acids is 1. The van der Waals surface area contributed by atoms with E-state index in [2.05, 4.69) is 0 Å². The van der Waals surface area contributed by atoms with E-state index in [4.69, 9.17) is 28.9 Å². The van der Waals surface area contributed by atoms with Gasteiger partial charge in [0.05, 0.1) is 11.3 Å². The summed E-state index contributed by atoms with van der Waals surface area (Å²) in [5.74, 6) is -1.22. The summed E-state index contributed by atoms with van der Waals surface area (Å²) in [4.78, 5) is 24.5. The summed E-state index contributed by atoms with van der Waals surface area (Å²) in [5, 5.41) is 9.24. The average molecular weight is 328 g/mol. The quantitative estimate of drug-likeness (QED) is 0.680. The Morgan fingerprint density at radius 2 is 2.25 bits per heavy atom. The highest BCUT2D eigenvalue weighted by molar-refractivity contribution is 8.26. The van der Waals surface area contributed by atoms with Crippen molar-refractivity contribution in [2.24, 2.45) is 0 Å². The summed E-state index contributed by atoms with van der Waals surface area (Å²) in [6.45, 7) is 0.0902. The molecule has 1 saturated heterocycles. The van der Waals surface area contributed by atoms with Crippen LogP contribution in [-0.4, -0.2) is 32.7 Å². The van der Waals surface area contributed by atoms with Gasteiger partial charge in [-0.05, 0) is 23.8 Å². The largest absolute Gasteiger partial charge is 0.481 e. The zero-order chi connectivity index (χ0) is 14.7. The number of nitrogens with zero attached hydrogens (tertiary/aromatic N) is 1. The molecule has 1 aliphatic rings. The summed E-state index contributed by atoms with van der Waals surface area (Å²) in [5.41, 5.74) is 0.802. The number of thioether (sulfide) groups is 1. The lowest BCUT2D eigenvalue weighted by Crippen LogP contribution is -2.30. The molecule has 0 saturated carbocycles. The predicted octanol–water partition coefficient (Wildman–Crippen LogP) is 3.02. The molecule has 0 bridgehead atoms. The second kappa shape index (κ2) is 6.39. The minimum atomic E-state index is -0.960. The fourth-order valence-electron chi connectivity index (χ4n) is 1.65. The predicted molar refractivity (Wildman–Crippen MR) is 83.6 cm³/mol. The third kappa shape index (κ3) is 3.59. The van der Waals surface area contributed by atoms with Crippen LogP contribution in [0.3, 0.4) is 0 Å². The van der Waals surface area contributed by atoms with Gasteiger partial charge in [-0.1, -0.05) is 47.7 Å². The maximum absolute atomic E-state index is 12.1. The van der Waals surface area contributed by atoms with Crippen LogP contribution < -0.4 is 0 Å². The first-order valence-corrected chi connectivity index (χ1v) is 7.30. The van der Waals surface area contributed by atoms with Crippen LogP contribution in [0.1, 0.15) is 12.0 Å². The van der Waals surface area contributed by atoms with Crippen molar-refractivity contribution >= 4 is 57.9 Å². The van der Waals surface area contributed by atoms with Gasteiger partial charge in [-0.3, -0.25) is 14.5 Å². The lowest BCUT2D eigenvalue weighted by molar-refractivity contribution is -0.137. The highest BCUT2D eigenvalue weighted by Gasteiger charge is 2.31. The fourth-order valence-corrected chi connectivity index (χ4v) is 3.16. The number of halogens is 1. The Morgan fingerprint density at radius 3 is 2.90 bits per heavy atom. The van der Waals surface area contributed by atoms with Gasteiger partial charge in [-0.15, -0.1) is 0 Å². The lowest BCUT2D eigenvalue weighted by atomic mass is 10.2. The van der Waals surface area contributed by atoms with Crippen LogP contribution in [-0.2, 0) is 9.59 Å². The number of hydrogen-bond acceptors (Lipinski definition) is 4. The monoisotopic (exact) mass is 327 g/mol. The van der Waals surface area contributed by atoms with Crippen molar-refractivity contribution in [3.8, 4) is 0 Å². The molecule has 1 aliphatic heterocycles. The number of aliphatic carboxylic acids is 1. The Balaban J connectivity index is 2.17. The number of thiocarbonyl (C=S) groups is 1. The molecular weight excluding hydrogens is 318 g/mol. The first-order chi connectivity index (χ1) is 9.47. The molecule has 0 atom stereocenters. The average Bonchev–Trinajstić information content (AvgIpc) is 2.62. The first kappa shape index (κ1) is 15.0. The van der Waals surface area contributed by atoms with Crippen LogP contribution in [0, 0.1) is 0 Å². The van der Waals surface area contributed by atoms with Crippen molar-refractivity contribution in [1.29, 1.82) is 0 Å². The van der Waals surface area contributed by atoms with Gasteiger partial charge in [0.1, 0.15) is 4.32 Å². The van der Waals surface area contributed by atoms with E-state index in [1.54, 1.807) is 24.3 Å². The normalized spacial score (nSPS) is 17.1. The summed E-state index contributed by atoms with van der Waals surface area (Å²) in [6.07, 6.45) is 1.57. The zero-order valence-corrected chi connectivity index (χ0v) is 12.6. The van der Waals surface area contributed by atoms with Gasteiger partial charge in [0, 0.05) is 11.6 Å². The number of carbonyl (C=O) groups is 2. The van der Waals surface area contributed by atoms with Crippen molar-refractivity contribution in [2.45, 2.75) is 6.42 Å². The minimum Gasteiger partial charge on any atom is -0.481 e. The molecule has 0 spiro atoms. The standard InChI is InChI=1S/C13H10ClNO3S2/c14-9-3-1-2-8(6-9)7-10-12(18)15(13(19)20-10)5-4-11(16)17/h1-3,6-7H,4-5H2,(H,16,17)/b10-7-. The smallest absolute Gasteiger partial charge is 0.305 e. The van der Waals surface area contributed by atoms with Gasteiger partial charge in [-0.2, -0.15) is 0 Å². The van der Waals surface area contributed by atoms with E-state index in [9.17, 15) is 9.59 Å². The van der Waals surface area contributed by atoms with Crippen molar-refractivity contribution in [3.63, 3.8) is 0 Å². The Morgan fingerprint density at radius 1 is 1.50 bits per heavy atom. The van der Waals surface area contributed by atoms with Gasteiger partial charge in [0.15, 0.2) is 0 Å². The van der Waals surface area contributed by atoms with E-state index in [-0.39, 0.29) is 18.9 Å². The van der Waals surface area contributed by atoms with Crippen molar-refractivity contribution in [3.05, 3.63) is 39.8 Å². The summed E-state index contributed by atoms with van der Waals surface area (Å²) < 4.78 is 0.379. The maximum Gasteiger partial charge on any atom is 0.305 e. The third-order valence-corrected chi connectivity index (χ3v) is 4.18. The molecule has 1 N–H and O–H groups in total. The molecule has 1 heterocycles. The first-order valence-electron chi connectivity index (χ1n) is 5.70. The van der Waals surface area contributed by atoms with Crippen molar-refractivity contribution < 1.29 is 14.7 Å². The topological polar surface area (TPSA) is 57.6 Å². The Kier molecular flexibility index (Phi) is 4.80. The molecule has 0 aromatic heterocycles. The molecule has 0 aliphatic carbocycles. The molecule has 1 aromatic rings. The molecule has 0 radical (unpaired) electrons. The van der Waals surface area contributed by atoms with Crippen LogP contribution >= 0.6 is 35.6 Å². The molecule has 104 valence electrons. The van der Waals surface area contributed by atoms with E-state index in [0.29, 0.717) is 14.2 Å². The number of hydrogen-bond donors (Lipinski definition) is 1. The highest BCUT2D eigenvalue weighted by atomic mass is 35.5. The Hall–Kier alpha value is -1.37. The molecule has 0 unspecified atom stereocenters. The molecule has 2 rings (SSSR count). The van der Waals surface area contributed by atoms with E-state index < -0.39 is 5.97 Å². The Labute approximate surface area is 130 Å². The minimum absolute atomic E-state index is 0.0902. The van der Waals surface area contributed by atoms with Crippen LogP contribution in [0.25, 0.3) is 6.08 Å². The van der Waals surface area contributed by atoms with Crippen LogP contribution in [0.4, 0.5) is 0 Å². The number of carboxylic acid groups (broad SMARTS) is 1. The number of amides is 1. The number of carbonyl (C=O) groups excluding carboxylic acids is 1. The second-order valence-corrected chi connectivity index (χ2v) is 6.14. The van der Waals surface area contributed by atoms with Crippen LogP contribution in [0.5, 0.6) is 0 Å². The van der Waals surface area contributed by atoms with E-state index in [1.807, 2.05) is 6.07 Å². The SMILES string of the molecule is O=C(O)CCN1C(=O)/C(=C/c2cccc(Cl)c2)SC1=S. The summed E-state index contributed by atoms with van der Waals surface area (Å²) in [6, 6.07) is 7.11. The second-order valence-electron chi connectivity index (χ2n) is 4.03. The van der Waals surface area contributed by atoms with Gasteiger partial charge in [0.2, 0.25) is 0 Å². The van der Waals surface area contributed by atoms with E-state index in [0.717, 1.165) is 5.56 Å². The van der Waals surface area contributed by atoms with Gasteiger partial charge < -0.3 is 5.11 Å². The van der Waals surface area contributed by atoms with Crippen molar-refractivity contribution in [2.75, 3.05) is 6.54 Å². The molecule has 7 heteroatoms. The Bertz CT molecular complexity index is 615. The number of rotatable bonds is 4. The molecule has 20 heavy (non-hydrogen) atoms. The number of benzene rings is 1. The third-order valence-electron chi connectivity index (χ3n) is 2.57. The van der Waals surface area contributed by atoms with Gasteiger partial charge >= 0.3 is 5.97 Å². The van der Waals surface area contributed by atoms with Gasteiger partial charge in [0.25, 0.3) is 5.91 Å².